The SMILES string of the molecule is O[C@H]1CCN(C2COC2)C[C@H]1Cc1ccccc1. The van der Waals surface area contributed by atoms with E-state index in [4.69, 9.17) is 4.74 Å². The van der Waals surface area contributed by atoms with Gasteiger partial charge in [0.25, 0.3) is 0 Å². The molecule has 1 N–H and O–H groups in total. The van der Waals surface area contributed by atoms with Crippen LogP contribution in [0.5, 0.6) is 0 Å². The van der Waals surface area contributed by atoms with E-state index in [-0.39, 0.29) is 6.10 Å². The van der Waals surface area contributed by atoms with Crippen molar-refractivity contribution < 1.29 is 9.84 Å². The number of nitrogens with zero attached hydrogens (tertiary/aromatic N) is 1. The van der Waals surface area contributed by atoms with Gasteiger partial charge in [-0.1, -0.05) is 30.3 Å². The van der Waals surface area contributed by atoms with E-state index in [9.17, 15) is 5.11 Å². The standard InChI is InChI=1S/C15H21NO2/c17-15-6-7-16(14-10-18-11-14)9-13(15)8-12-4-2-1-3-5-12/h1-5,13-15,17H,6-11H2/t13-,15+/m1/s1. The average Bonchev–Trinajstić information content (AvgIpc) is 2.32. The van der Waals surface area contributed by atoms with Gasteiger partial charge < -0.3 is 9.84 Å². The Kier molecular flexibility index (Phi) is 3.64. The number of hydrogen-bond donors (Lipinski definition) is 1. The molecule has 0 radical (unpaired) electrons. The Hall–Kier alpha value is -0.900. The maximum atomic E-state index is 10.2. The second-order valence-corrected chi connectivity index (χ2v) is 5.49. The minimum atomic E-state index is -0.151. The normalized spacial score (nSPS) is 30.1. The molecule has 2 fully saturated rings. The highest BCUT2D eigenvalue weighted by Gasteiger charge is 2.34. The van der Waals surface area contributed by atoms with Crippen LogP contribution in [0.25, 0.3) is 0 Å². The molecule has 1 aromatic carbocycles. The molecule has 2 aliphatic heterocycles. The number of ether oxygens (including phenoxy) is 1. The van der Waals surface area contributed by atoms with Crippen LogP contribution in [0.4, 0.5) is 0 Å². The van der Waals surface area contributed by atoms with E-state index in [1.807, 2.05) is 6.07 Å². The largest absolute Gasteiger partial charge is 0.393 e. The molecule has 98 valence electrons. The molecule has 3 rings (SSSR count). The summed E-state index contributed by atoms with van der Waals surface area (Å²) in [7, 11) is 0. The van der Waals surface area contributed by atoms with Gasteiger partial charge in [0.05, 0.1) is 25.4 Å². The third-order valence-electron chi connectivity index (χ3n) is 4.20. The summed E-state index contributed by atoms with van der Waals surface area (Å²) in [6.07, 6.45) is 1.72. The second kappa shape index (κ2) is 5.39. The van der Waals surface area contributed by atoms with Crippen molar-refractivity contribution in [2.24, 2.45) is 5.92 Å². The van der Waals surface area contributed by atoms with Crippen LogP contribution in [0.2, 0.25) is 0 Å². The minimum absolute atomic E-state index is 0.151. The highest BCUT2D eigenvalue weighted by molar-refractivity contribution is 5.15. The first-order valence-electron chi connectivity index (χ1n) is 6.87. The molecule has 2 atom stereocenters. The molecule has 18 heavy (non-hydrogen) atoms. The van der Waals surface area contributed by atoms with E-state index < -0.39 is 0 Å². The summed E-state index contributed by atoms with van der Waals surface area (Å²) >= 11 is 0. The summed E-state index contributed by atoms with van der Waals surface area (Å²) in [5, 5.41) is 10.2. The summed E-state index contributed by atoms with van der Waals surface area (Å²) in [5.41, 5.74) is 1.33. The predicted octanol–water partition coefficient (Wildman–Crippen LogP) is 1.31. The zero-order valence-corrected chi connectivity index (χ0v) is 10.7. The van der Waals surface area contributed by atoms with Crippen LogP contribution in [0.15, 0.2) is 30.3 Å². The van der Waals surface area contributed by atoms with Gasteiger partial charge in [0.2, 0.25) is 0 Å². The predicted molar refractivity (Wildman–Crippen MR) is 70.4 cm³/mol. The summed E-state index contributed by atoms with van der Waals surface area (Å²) in [4.78, 5) is 2.49. The van der Waals surface area contributed by atoms with Crippen molar-refractivity contribution in [1.82, 2.24) is 4.90 Å². The van der Waals surface area contributed by atoms with Gasteiger partial charge in [-0.15, -0.1) is 0 Å². The van der Waals surface area contributed by atoms with E-state index in [1.54, 1.807) is 0 Å². The first-order valence-corrected chi connectivity index (χ1v) is 6.87. The lowest BCUT2D eigenvalue weighted by Gasteiger charge is -2.43. The molecule has 3 nitrogen and oxygen atoms in total. The van der Waals surface area contributed by atoms with Crippen LogP contribution in [-0.4, -0.2) is 48.5 Å². The van der Waals surface area contributed by atoms with Crippen molar-refractivity contribution in [3.63, 3.8) is 0 Å². The van der Waals surface area contributed by atoms with Gasteiger partial charge in [-0.25, -0.2) is 0 Å². The Morgan fingerprint density at radius 3 is 2.67 bits per heavy atom. The van der Waals surface area contributed by atoms with Crippen LogP contribution in [-0.2, 0) is 11.2 Å². The van der Waals surface area contributed by atoms with Gasteiger partial charge >= 0.3 is 0 Å². The topological polar surface area (TPSA) is 32.7 Å². The van der Waals surface area contributed by atoms with Crippen LogP contribution in [0.1, 0.15) is 12.0 Å². The van der Waals surface area contributed by atoms with Gasteiger partial charge in [-0.3, -0.25) is 4.90 Å². The molecule has 0 aromatic heterocycles. The fourth-order valence-electron chi connectivity index (χ4n) is 2.93. The summed E-state index contributed by atoms with van der Waals surface area (Å²) in [5.74, 6) is 0.363. The molecule has 2 aliphatic rings. The number of benzene rings is 1. The highest BCUT2D eigenvalue weighted by atomic mass is 16.5. The Bertz CT molecular complexity index is 377. The van der Waals surface area contributed by atoms with Gasteiger partial charge in [0, 0.05) is 19.0 Å². The lowest BCUT2D eigenvalue weighted by atomic mass is 9.88. The quantitative estimate of drug-likeness (QED) is 0.874. The third kappa shape index (κ3) is 2.58. The zero-order valence-electron chi connectivity index (χ0n) is 10.7. The van der Waals surface area contributed by atoms with Crippen molar-refractivity contribution in [1.29, 1.82) is 0 Å². The molecule has 1 aromatic rings. The maximum absolute atomic E-state index is 10.2. The van der Waals surface area contributed by atoms with Crippen molar-refractivity contribution in [2.75, 3.05) is 26.3 Å². The Morgan fingerprint density at radius 1 is 1.22 bits per heavy atom. The fourth-order valence-corrected chi connectivity index (χ4v) is 2.93. The molecule has 0 unspecified atom stereocenters. The summed E-state index contributed by atoms with van der Waals surface area (Å²) < 4.78 is 5.26. The van der Waals surface area contributed by atoms with Crippen molar-refractivity contribution in [3.8, 4) is 0 Å². The first-order chi connectivity index (χ1) is 8.83. The summed E-state index contributed by atoms with van der Waals surface area (Å²) in [6.45, 7) is 3.76. The molecule has 0 spiro atoms. The Balaban J connectivity index is 1.62. The number of hydrogen-bond acceptors (Lipinski definition) is 3. The monoisotopic (exact) mass is 247 g/mol. The molecule has 2 saturated heterocycles. The van der Waals surface area contributed by atoms with Gasteiger partial charge in [0.1, 0.15) is 0 Å². The van der Waals surface area contributed by atoms with Crippen molar-refractivity contribution >= 4 is 0 Å². The van der Waals surface area contributed by atoms with Gasteiger partial charge in [-0.2, -0.15) is 0 Å². The molecule has 3 heteroatoms. The molecule has 0 saturated carbocycles. The number of aliphatic hydroxyl groups excluding tert-OH is 1. The lowest BCUT2D eigenvalue weighted by molar-refractivity contribution is -0.0923. The van der Waals surface area contributed by atoms with Crippen molar-refractivity contribution in [3.05, 3.63) is 35.9 Å². The zero-order chi connectivity index (χ0) is 12.4. The molecular formula is C15H21NO2. The maximum Gasteiger partial charge on any atom is 0.0645 e. The highest BCUT2D eigenvalue weighted by Crippen LogP contribution is 2.24. The van der Waals surface area contributed by atoms with E-state index in [2.05, 4.69) is 29.2 Å². The summed E-state index contributed by atoms with van der Waals surface area (Å²) in [6, 6.07) is 11.1. The molecular weight excluding hydrogens is 226 g/mol. The van der Waals surface area contributed by atoms with Gasteiger partial charge in [-0.05, 0) is 18.4 Å². The van der Waals surface area contributed by atoms with E-state index >= 15 is 0 Å². The minimum Gasteiger partial charge on any atom is -0.393 e. The van der Waals surface area contributed by atoms with Crippen LogP contribution in [0, 0.1) is 5.92 Å². The van der Waals surface area contributed by atoms with E-state index in [1.165, 1.54) is 5.56 Å². The smallest absolute Gasteiger partial charge is 0.0645 e. The van der Waals surface area contributed by atoms with E-state index in [0.717, 1.165) is 39.1 Å². The average molecular weight is 247 g/mol. The second-order valence-electron chi connectivity index (χ2n) is 5.49. The molecule has 0 bridgehead atoms. The number of likely N-dealkylation sites (tertiary alicyclic amines) is 1. The van der Waals surface area contributed by atoms with Crippen LogP contribution >= 0.6 is 0 Å². The van der Waals surface area contributed by atoms with E-state index in [0.29, 0.717) is 12.0 Å². The number of aliphatic hydroxyl groups is 1. The van der Waals surface area contributed by atoms with Crippen molar-refractivity contribution in [2.45, 2.75) is 25.0 Å². The van der Waals surface area contributed by atoms with Gasteiger partial charge in [0.15, 0.2) is 0 Å². The molecule has 2 heterocycles. The number of rotatable bonds is 3. The van der Waals surface area contributed by atoms with Crippen LogP contribution < -0.4 is 0 Å². The lowest BCUT2D eigenvalue weighted by Crippen LogP contribution is -2.55. The Morgan fingerprint density at radius 2 is 2.00 bits per heavy atom. The molecule has 0 amide bonds. The van der Waals surface area contributed by atoms with Crippen LogP contribution in [0.3, 0.4) is 0 Å². The third-order valence-corrected chi connectivity index (χ3v) is 4.20. The first kappa shape index (κ1) is 12.2. The number of piperidine rings is 1. The Labute approximate surface area is 108 Å². The molecule has 0 aliphatic carbocycles. The fraction of sp³-hybridized carbons (Fsp3) is 0.600.